The summed E-state index contributed by atoms with van der Waals surface area (Å²) in [4.78, 5) is 25.9. The zero-order valence-electron chi connectivity index (χ0n) is 18.7. The summed E-state index contributed by atoms with van der Waals surface area (Å²) in [7, 11) is -4.31. The fourth-order valence-electron chi connectivity index (χ4n) is 3.69. The summed E-state index contributed by atoms with van der Waals surface area (Å²) in [6.07, 6.45) is 0. The molecule has 0 unspecified atom stereocenters. The molecule has 1 heterocycles. The molecule has 178 valence electrons. The normalized spacial score (nSPS) is 17.3. The lowest BCUT2D eigenvalue weighted by Gasteiger charge is -2.39. The summed E-state index contributed by atoms with van der Waals surface area (Å²) in [6, 6.07) is 10.3. The summed E-state index contributed by atoms with van der Waals surface area (Å²) < 4.78 is 42.4. The molecule has 0 aromatic heterocycles. The van der Waals surface area contributed by atoms with Crippen molar-refractivity contribution in [2.24, 2.45) is 0 Å². The molecule has 2 amide bonds. The lowest BCUT2D eigenvalue weighted by atomic mass is 10.0. The van der Waals surface area contributed by atoms with Gasteiger partial charge >= 0.3 is 0 Å². The van der Waals surface area contributed by atoms with Crippen LogP contribution in [0.1, 0.15) is 37.8 Å². The fraction of sp³-hybridized carbons (Fsp3) is 0.391. The summed E-state index contributed by atoms with van der Waals surface area (Å²) in [5.74, 6) is -1.34. The van der Waals surface area contributed by atoms with Gasteiger partial charge in [-0.05, 0) is 35.2 Å². The van der Waals surface area contributed by atoms with Gasteiger partial charge in [-0.25, -0.2) is 12.8 Å². The number of carbonyl (C=O) groups is 2. The van der Waals surface area contributed by atoms with Crippen molar-refractivity contribution in [3.05, 3.63) is 63.9 Å². The number of halogens is 2. The molecule has 0 saturated carbocycles. The predicted molar refractivity (Wildman–Crippen MR) is 126 cm³/mol. The quantitative estimate of drug-likeness (QED) is 0.610. The fourth-order valence-corrected chi connectivity index (χ4v) is 5.64. The second-order valence-electron chi connectivity index (χ2n) is 8.29. The summed E-state index contributed by atoms with van der Waals surface area (Å²) in [6.45, 7) is 5.64. The number of rotatable bonds is 6. The molecule has 1 fully saturated rings. The van der Waals surface area contributed by atoms with Gasteiger partial charge in [-0.3, -0.25) is 9.59 Å². The minimum Gasteiger partial charge on any atom is -0.351 e. The first kappa shape index (κ1) is 25.3. The first-order valence-corrected chi connectivity index (χ1v) is 12.8. The third-order valence-electron chi connectivity index (χ3n) is 5.67. The Hall–Kier alpha value is -2.30. The molecule has 0 bridgehead atoms. The maximum Gasteiger partial charge on any atom is 0.246 e. The first-order valence-electron chi connectivity index (χ1n) is 10.6. The largest absolute Gasteiger partial charge is 0.351 e. The van der Waals surface area contributed by atoms with E-state index in [4.69, 9.17) is 0 Å². The van der Waals surface area contributed by atoms with Crippen molar-refractivity contribution >= 4 is 37.8 Å². The molecule has 1 atom stereocenters. The Morgan fingerprint density at radius 1 is 1.15 bits per heavy atom. The zero-order chi connectivity index (χ0) is 24.3. The summed E-state index contributed by atoms with van der Waals surface area (Å²) in [5, 5.41) is 2.77. The zero-order valence-corrected chi connectivity index (χ0v) is 21.1. The van der Waals surface area contributed by atoms with Crippen LogP contribution in [0.2, 0.25) is 0 Å². The van der Waals surface area contributed by atoms with Gasteiger partial charge in [-0.2, -0.15) is 4.31 Å². The number of benzene rings is 2. The minimum absolute atomic E-state index is 0.106. The van der Waals surface area contributed by atoms with Crippen molar-refractivity contribution in [1.82, 2.24) is 14.5 Å². The van der Waals surface area contributed by atoms with Crippen LogP contribution in [0, 0.1) is 5.82 Å². The van der Waals surface area contributed by atoms with Gasteiger partial charge in [0.15, 0.2) is 0 Å². The average molecular weight is 540 g/mol. The second-order valence-corrected chi connectivity index (χ2v) is 11.1. The van der Waals surface area contributed by atoms with E-state index in [1.165, 1.54) is 23.5 Å². The highest BCUT2D eigenvalue weighted by molar-refractivity contribution is 9.10. The Labute approximate surface area is 202 Å². The smallest absolute Gasteiger partial charge is 0.246 e. The van der Waals surface area contributed by atoms with Crippen molar-refractivity contribution in [3.8, 4) is 0 Å². The van der Waals surface area contributed by atoms with Crippen LogP contribution in [-0.2, 0) is 26.2 Å². The molecule has 1 saturated heterocycles. The molecule has 0 aliphatic carbocycles. The van der Waals surface area contributed by atoms with E-state index < -0.39 is 32.7 Å². The van der Waals surface area contributed by atoms with Crippen LogP contribution in [0.15, 0.2) is 51.8 Å². The van der Waals surface area contributed by atoms with E-state index in [2.05, 4.69) is 35.1 Å². The van der Waals surface area contributed by atoms with E-state index in [0.29, 0.717) is 10.4 Å². The molecule has 0 spiro atoms. The van der Waals surface area contributed by atoms with Crippen LogP contribution in [0.5, 0.6) is 0 Å². The van der Waals surface area contributed by atoms with Crippen molar-refractivity contribution in [2.45, 2.75) is 44.2 Å². The Kier molecular flexibility index (Phi) is 7.92. The molecule has 1 N–H and O–H groups in total. The Bertz CT molecular complexity index is 1140. The molecule has 3 rings (SSSR count). The number of nitrogens with one attached hydrogen (secondary N) is 1. The molecule has 2 aromatic rings. The summed E-state index contributed by atoms with van der Waals surface area (Å²) in [5.41, 5.74) is 2.03. The molecule has 1 aliphatic heterocycles. The molecule has 2 aromatic carbocycles. The third kappa shape index (κ3) is 5.80. The van der Waals surface area contributed by atoms with Crippen molar-refractivity contribution in [2.75, 3.05) is 19.6 Å². The van der Waals surface area contributed by atoms with Gasteiger partial charge in [-0.1, -0.05) is 54.0 Å². The molecular formula is C23H27BrFN3O4S. The Morgan fingerprint density at radius 2 is 1.82 bits per heavy atom. The van der Waals surface area contributed by atoms with Crippen LogP contribution in [0.3, 0.4) is 0 Å². The van der Waals surface area contributed by atoms with E-state index in [9.17, 15) is 22.4 Å². The van der Waals surface area contributed by atoms with E-state index in [1.807, 2.05) is 24.3 Å². The van der Waals surface area contributed by atoms with Crippen molar-refractivity contribution in [3.63, 3.8) is 0 Å². The van der Waals surface area contributed by atoms with Crippen LogP contribution >= 0.6 is 15.9 Å². The van der Waals surface area contributed by atoms with E-state index in [1.54, 1.807) is 0 Å². The lowest BCUT2D eigenvalue weighted by molar-refractivity contribution is -0.134. The molecule has 0 radical (unpaired) electrons. The van der Waals surface area contributed by atoms with Gasteiger partial charge in [0.25, 0.3) is 0 Å². The molecule has 33 heavy (non-hydrogen) atoms. The monoisotopic (exact) mass is 539 g/mol. The number of amides is 2. The highest BCUT2D eigenvalue weighted by atomic mass is 79.9. The number of piperazine rings is 1. The standard InChI is InChI=1S/C23H27BrFN3O4S/c1-15(2)18-6-4-17(5-7-18)13-26-23(30)21-14-27(16(3)29)10-11-28(21)33(31,32)22-9-8-19(24)12-20(22)25/h4-9,12,15,21H,10-11,13-14H2,1-3H3,(H,26,30)/t21-/m1/s1. The van der Waals surface area contributed by atoms with Gasteiger partial charge in [0.1, 0.15) is 16.8 Å². The van der Waals surface area contributed by atoms with Crippen LogP contribution in [0.4, 0.5) is 4.39 Å². The molecule has 7 nitrogen and oxygen atoms in total. The minimum atomic E-state index is -4.31. The topological polar surface area (TPSA) is 86.8 Å². The highest BCUT2D eigenvalue weighted by Gasteiger charge is 2.41. The van der Waals surface area contributed by atoms with E-state index in [0.717, 1.165) is 22.0 Å². The second kappa shape index (κ2) is 10.3. The van der Waals surface area contributed by atoms with Gasteiger partial charge in [0, 0.05) is 37.6 Å². The Morgan fingerprint density at radius 3 is 2.39 bits per heavy atom. The van der Waals surface area contributed by atoms with Crippen LogP contribution in [-0.4, -0.2) is 55.1 Å². The molecule has 1 aliphatic rings. The van der Waals surface area contributed by atoms with Gasteiger partial charge in [0.05, 0.1) is 0 Å². The van der Waals surface area contributed by atoms with Crippen molar-refractivity contribution in [1.29, 1.82) is 0 Å². The number of carbonyl (C=O) groups excluding carboxylic acids is 2. The highest BCUT2D eigenvalue weighted by Crippen LogP contribution is 2.26. The predicted octanol–water partition coefficient (Wildman–Crippen LogP) is 3.25. The molecule has 10 heteroatoms. The van der Waals surface area contributed by atoms with E-state index in [-0.39, 0.29) is 32.1 Å². The maximum absolute atomic E-state index is 14.5. The van der Waals surface area contributed by atoms with Crippen molar-refractivity contribution < 1.29 is 22.4 Å². The first-order chi connectivity index (χ1) is 15.5. The summed E-state index contributed by atoms with van der Waals surface area (Å²) >= 11 is 3.12. The average Bonchev–Trinajstić information content (AvgIpc) is 2.77. The van der Waals surface area contributed by atoms with Gasteiger partial charge < -0.3 is 10.2 Å². The maximum atomic E-state index is 14.5. The molecular weight excluding hydrogens is 513 g/mol. The third-order valence-corrected chi connectivity index (χ3v) is 8.11. The number of sulfonamides is 1. The number of nitrogens with zero attached hydrogens (tertiary/aromatic N) is 2. The van der Waals surface area contributed by atoms with E-state index >= 15 is 0 Å². The van der Waals surface area contributed by atoms with Crippen LogP contribution < -0.4 is 5.32 Å². The number of hydrogen-bond donors (Lipinski definition) is 1. The van der Waals surface area contributed by atoms with Gasteiger partial charge in [0.2, 0.25) is 21.8 Å². The Balaban J connectivity index is 1.83. The lowest BCUT2D eigenvalue weighted by Crippen LogP contribution is -2.61. The van der Waals surface area contributed by atoms with Gasteiger partial charge in [-0.15, -0.1) is 0 Å². The SMILES string of the molecule is CC(=O)N1CCN(S(=O)(=O)c2ccc(Br)cc2F)[C@@H](C(=O)NCc2ccc(C(C)C)cc2)C1. The number of hydrogen-bond acceptors (Lipinski definition) is 4. The van der Waals surface area contributed by atoms with Crippen LogP contribution in [0.25, 0.3) is 0 Å².